The summed E-state index contributed by atoms with van der Waals surface area (Å²) in [6.45, 7) is 2.32. The Kier molecular flexibility index (Phi) is 19.4. The van der Waals surface area contributed by atoms with Gasteiger partial charge in [0.15, 0.2) is 0 Å². The molecule has 3 N–H and O–H groups in total. The second kappa shape index (κ2) is 19.7. The van der Waals surface area contributed by atoms with Crippen LogP contribution in [0.1, 0.15) is 122 Å². The van der Waals surface area contributed by atoms with Crippen LogP contribution < -0.4 is 0 Å². The number of nitrogens with zero attached hydrogens (tertiary/aromatic N) is 1. The Bertz CT molecular complexity index is 579. The minimum Gasteiger partial charge on any atom is -0.373 e. The fourth-order valence-electron chi connectivity index (χ4n) is 4.32. The average Bonchev–Trinajstić information content (AvgIpc) is 2.73. The summed E-state index contributed by atoms with van der Waals surface area (Å²) in [6, 6.07) is 0. The maximum atomic E-state index is 11.8. The van der Waals surface area contributed by atoms with Crippen LogP contribution in [0.5, 0.6) is 0 Å². The SMILES string of the molecule is CCCCCCCCCC/C=C\CCCC/C=C\CCCCCC(O)(C[N+](C)(C)C)P(=O)(O)O. The fourth-order valence-corrected chi connectivity index (χ4v) is 5.37. The zero-order valence-corrected chi connectivity index (χ0v) is 23.8. The molecule has 0 aliphatic carbocycles. The van der Waals surface area contributed by atoms with Crippen LogP contribution >= 0.6 is 7.60 Å². The van der Waals surface area contributed by atoms with Crippen molar-refractivity contribution in [3.05, 3.63) is 24.3 Å². The molecule has 0 amide bonds. The highest BCUT2D eigenvalue weighted by atomic mass is 31.2. The van der Waals surface area contributed by atoms with E-state index in [4.69, 9.17) is 0 Å². The van der Waals surface area contributed by atoms with E-state index in [1.165, 1.54) is 77.0 Å². The number of hydrogen-bond donors (Lipinski definition) is 3. The summed E-state index contributed by atoms with van der Waals surface area (Å²) in [5.74, 6) is 0. The predicted octanol–water partition coefficient (Wildman–Crippen LogP) is 7.71. The van der Waals surface area contributed by atoms with Gasteiger partial charge in [-0.25, -0.2) is 0 Å². The zero-order chi connectivity index (χ0) is 25.8. The molecule has 0 aliphatic heterocycles. The van der Waals surface area contributed by atoms with Crippen LogP contribution in [0.2, 0.25) is 0 Å². The molecule has 1 unspecified atom stereocenters. The standard InChI is InChI=1S/C28H56NO4P/c1-5-6-7-8-9-10-11-12-13-14-15-16-17-18-19-20-21-22-23-24-25-26-28(30,34(31,32)33)27-29(2,3)4/h14-15,20-21,30H,5-13,16-19,22-27H2,1-4H3,(H-,31,32,33)/p+1/b15-14-,21-20-. The lowest BCUT2D eigenvalue weighted by atomic mass is 10.1. The van der Waals surface area contributed by atoms with Gasteiger partial charge >= 0.3 is 7.60 Å². The van der Waals surface area contributed by atoms with Crippen molar-refractivity contribution in [2.45, 2.75) is 128 Å². The summed E-state index contributed by atoms with van der Waals surface area (Å²) in [5.41, 5.74) is 0. The van der Waals surface area contributed by atoms with E-state index in [-0.39, 0.29) is 13.0 Å². The van der Waals surface area contributed by atoms with E-state index in [9.17, 15) is 19.5 Å². The highest BCUT2D eigenvalue weighted by Crippen LogP contribution is 2.52. The molecule has 0 heterocycles. The van der Waals surface area contributed by atoms with E-state index in [0.717, 1.165) is 25.7 Å². The van der Waals surface area contributed by atoms with Gasteiger partial charge in [0, 0.05) is 0 Å². The molecule has 0 aromatic heterocycles. The summed E-state index contributed by atoms with van der Waals surface area (Å²) >= 11 is 0. The van der Waals surface area contributed by atoms with E-state index in [0.29, 0.717) is 10.9 Å². The maximum Gasteiger partial charge on any atom is 0.362 e. The predicted molar refractivity (Wildman–Crippen MR) is 147 cm³/mol. The molecule has 0 rings (SSSR count). The van der Waals surface area contributed by atoms with Crippen LogP contribution in [0.25, 0.3) is 0 Å². The zero-order valence-electron chi connectivity index (χ0n) is 22.9. The summed E-state index contributed by atoms with van der Waals surface area (Å²) in [7, 11) is 0.940. The highest BCUT2D eigenvalue weighted by molar-refractivity contribution is 7.53. The molecule has 6 heteroatoms. The van der Waals surface area contributed by atoms with Crippen molar-refractivity contribution in [2.24, 2.45) is 0 Å². The number of quaternary nitrogens is 1. The molecule has 0 radical (unpaired) electrons. The molecule has 0 spiro atoms. The van der Waals surface area contributed by atoms with Crippen molar-refractivity contribution in [1.29, 1.82) is 0 Å². The molecule has 0 saturated heterocycles. The Morgan fingerprint density at radius 3 is 1.38 bits per heavy atom. The molecule has 5 nitrogen and oxygen atoms in total. The van der Waals surface area contributed by atoms with Gasteiger partial charge < -0.3 is 19.4 Å². The van der Waals surface area contributed by atoms with E-state index < -0.39 is 12.9 Å². The monoisotopic (exact) mass is 502 g/mol. The number of allylic oxidation sites excluding steroid dienone is 4. The van der Waals surface area contributed by atoms with Crippen LogP contribution in [0.3, 0.4) is 0 Å². The van der Waals surface area contributed by atoms with Crippen molar-refractivity contribution < 1.29 is 23.9 Å². The minimum atomic E-state index is -4.56. The van der Waals surface area contributed by atoms with Crippen molar-refractivity contribution in [3.63, 3.8) is 0 Å². The maximum absolute atomic E-state index is 11.8. The number of likely N-dealkylation sites (N-methyl/N-ethyl adjacent to an activating group) is 1. The Morgan fingerprint density at radius 2 is 1.00 bits per heavy atom. The summed E-state index contributed by atoms with van der Waals surface area (Å²) in [4.78, 5) is 19.2. The lowest BCUT2D eigenvalue weighted by molar-refractivity contribution is -0.875. The number of unbranched alkanes of at least 4 members (excludes halogenated alkanes) is 14. The van der Waals surface area contributed by atoms with E-state index in [1.54, 1.807) is 0 Å². The Morgan fingerprint density at radius 1 is 0.647 bits per heavy atom. The summed E-state index contributed by atoms with van der Waals surface area (Å²) in [6.07, 6.45) is 29.9. The van der Waals surface area contributed by atoms with Gasteiger partial charge in [-0.15, -0.1) is 0 Å². The van der Waals surface area contributed by atoms with Gasteiger partial charge in [0.25, 0.3) is 0 Å². The van der Waals surface area contributed by atoms with Gasteiger partial charge in [-0.3, -0.25) is 4.57 Å². The minimum absolute atomic E-state index is 0.0472. The third-order valence-electron chi connectivity index (χ3n) is 6.27. The molecule has 0 aromatic rings. The van der Waals surface area contributed by atoms with Crippen LogP contribution in [0.15, 0.2) is 24.3 Å². The lowest BCUT2D eigenvalue weighted by Crippen LogP contribution is -2.49. The normalized spacial score (nSPS) is 14.9. The molecule has 34 heavy (non-hydrogen) atoms. The topological polar surface area (TPSA) is 77.8 Å². The first-order valence-corrected chi connectivity index (χ1v) is 15.5. The number of hydrogen-bond acceptors (Lipinski definition) is 2. The summed E-state index contributed by atoms with van der Waals surface area (Å²) in [5, 5.41) is 8.62. The molecule has 1 atom stereocenters. The third kappa shape index (κ3) is 19.8. The molecule has 0 bridgehead atoms. The average molecular weight is 503 g/mol. The molecule has 202 valence electrons. The first kappa shape index (κ1) is 33.5. The van der Waals surface area contributed by atoms with E-state index >= 15 is 0 Å². The Labute approximate surface area is 211 Å². The molecular formula is C28H57NO4P+. The van der Waals surface area contributed by atoms with Crippen LogP contribution in [0.4, 0.5) is 0 Å². The van der Waals surface area contributed by atoms with Gasteiger partial charge in [0.05, 0.1) is 21.1 Å². The van der Waals surface area contributed by atoms with Crippen molar-refractivity contribution in [2.75, 3.05) is 27.7 Å². The smallest absolute Gasteiger partial charge is 0.362 e. The molecule has 0 aliphatic rings. The van der Waals surface area contributed by atoms with Gasteiger partial charge in [-0.1, -0.05) is 82.6 Å². The first-order valence-electron chi connectivity index (χ1n) is 13.9. The van der Waals surface area contributed by atoms with E-state index in [1.807, 2.05) is 21.1 Å². The van der Waals surface area contributed by atoms with Gasteiger partial charge in [-0.2, -0.15) is 0 Å². The largest absolute Gasteiger partial charge is 0.373 e. The lowest BCUT2D eigenvalue weighted by Gasteiger charge is -2.35. The van der Waals surface area contributed by atoms with Crippen molar-refractivity contribution >= 4 is 7.60 Å². The van der Waals surface area contributed by atoms with Crippen molar-refractivity contribution in [1.82, 2.24) is 0 Å². The first-order chi connectivity index (χ1) is 16.0. The van der Waals surface area contributed by atoms with Crippen LogP contribution in [-0.2, 0) is 4.57 Å². The molecule has 0 saturated carbocycles. The molecule has 0 fully saturated rings. The number of rotatable bonds is 23. The quantitative estimate of drug-likeness (QED) is 0.0578. The molecular weight excluding hydrogens is 445 g/mol. The fraction of sp³-hybridized carbons (Fsp3) is 0.857. The second-order valence-corrected chi connectivity index (χ2v) is 13.0. The van der Waals surface area contributed by atoms with Crippen LogP contribution in [0, 0.1) is 0 Å². The second-order valence-electron chi connectivity index (χ2n) is 11.1. The third-order valence-corrected chi connectivity index (χ3v) is 7.72. The summed E-state index contributed by atoms with van der Waals surface area (Å²) < 4.78 is 12.1. The number of aliphatic hydroxyl groups is 1. The van der Waals surface area contributed by atoms with Crippen LogP contribution in [-0.4, -0.2) is 52.4 Å². The van der Waals surface area contributed by atoms with Gasteiger partial charge in [0.1, 0.15) is 6.54 Å². The van der Waals surface area contributed by atoms with Gasteiger partial charge in [-0.05, 0) is 64.2 Å². The van der Waals surface area contributed by atoms with Crippen molar-refractivity contribution in [3.8, 4) is 0 Å². The Hall–Kier alpha value is -0.450. The van der Waals surface area contributed by atoms with E-state index in [2.05, 4.69) is 31.2 Å². The highest BCUT2D eigenvalue weighted by Gasteiger charge is 2.48. The van der Waals surface area contributed by atoms with Gasteiger partial charge in [0.2, 0.25) is 5.34 Å². The Balaban J connectivity index is 3.64. The molecule has 0 aromatic carbocycles.